The first-order valence-electron chi connectivity index (χ1n) is 11.6. The number of nitrogens with one attached hydrogen (secondary N) is 1. The first-order chi connectivity index (χ1) is 14.6. The Bertz CT molecular complexity index is 1100. The van der Waals surface area contributed by atoms with Crippen molar-refractivity contribution in [3.8, 4) is 5.75 Å². The Morgan fingerprint density at radius 3 is 2.09 bits per heavy atom. The zero-order chi connectivity index (χ0) is 24.1. The van der Waals surface area contributed by atoms with E-state index in [1.807, 2.05) is 18.2 Å². The number of imidazole rings is 1. The predicted octanol–water partition coefficient (Wildman–Crippen LogP) is 6.75. The Hall–Kier alpha value is -2.33. The lowest BCUT2D eigenvalue weighted by atomic mass is 9.74. The van der Waals surface area contributed by atoms with Crippen LogP contribution in [0.3, 0.4) is 0 Å². The maximum absolute atomic E-state index is 11.5. The number of fused-ring (bicyclic) bond motifs is 1. The zero-order valence-electron chi connectivity index (χ0n) is 21.6. The SMILES string of the molecule is Cn1c(CNC(c2cc(C(C)(C)C)cc(C(C)(C)C)c2O)C(C)(C)C)nc2ccccc21. The number of phenols is 1. The number of para-hydroxylation sites is 2. The number of benzene rings is 2. The molecular weight excluding hydrogens is 394 g/mol. The van der Waals surface area contributed by atoms with Crippen molar-refractivity contribution in [2.45, 2.75) is 85.7 Å². The van der Waals surface area contributed by atoms with Gasteiger partial charge in [-0.1, -0.05) is 80.5 Å². The van der Waals surface area contributed by atoms with Crippen molar-refractivity contribution in [3.63, 3.8) is 0 Å². The molecule has 4 heteroatoms. The van der Waals surface area contributed by atoms with Crippen LogP contribution in [0, 0.1) is 5.41 Å². The average Bonchev–Trinajstić information content (AvgIpc) is 2.96. The maximum atomic E-state index is 11.5. The Labute approximate surface area is 194 Å². The zero-order valence-corrected chi connectivity index (χ0v) is 21.6. The molecule has 0 bridgehead atoms. The summed E-state index contributed by atoms with van der Waals surface area (Å²) in [6.07, 6.45) is 0. The van der Waals surface area contributed by atoms with Gasteiger partial charge >= 0.3 is 0 Å². The van der Waals surface area contributed by atoms with Crippen LogP contribution < -0.4 is 5.32 Å². The number of phenolic OH excluding ortho intramolecular Hbond substituents is 1. The van der Waals surface area contributed by atoms with Crippen molar-refractivity contribution in [1.82, 2.24) is 14.9 Å². The standard InChI is InChI=1S/C28H41N3O/c1-26(2,3)18-15-19(24(32)20(16-18)27(4,5)6)25(28(7,8)9)29-17-23-30-21-13-11-12-14-22(21)31(23)10/h11-16,25,29,32H,17H2,1-10H3. The summed E-state index contributed by atoms with van der Waals surface area (Å²) in [7, 11) is 2.06. The highest BCUT2D eigenvalue weighted by Crippen LogP contribution is 2.44. The molecule has 3 aromatic rings. The number of hydrogen-bond donors (Lipinski definition) is 2. The van der Waals surface area contributed by atoms with Crippen LogP contribution in [0.2, 0.25) is 0 Å². The van der Waals surface area contributed by atoms with E-state index in [0.717, 1.165) is 28.0 Å². The largest absolute Gasteiger partial charge is 0.507 e. The minimum absolute atomic E-state index is 0.0116. The van der Waals surface area contributed by atoms with Gasteiger partial charge in [-0.2, -0.15) is 0 Å². The van der Waals surface area contributed by atoms with Gasteiger partial charge in [-0.05, 0) is 45.6 Å². The monoisotopic (exact) mass is 435 g/mol. The fraction of sp³-hybridized carbons (Fsp3) is 0.536. The van der Waals surface area contributed by atoms with Gasteiger partial charge in [0, 0.05) is 18.7 Å². The lowest BCUT2D eigenvalue weighted by molar-refractivity contribution is 0.261. The molecule has 32 heavy (non-hydrogen) atoms. The molecular formula is C28H41N3O. The Balaban J connectivity index is 2.08. The number of aromatic hydroxyl groups is 1. The fourth-order valence-corrected chi connectivity index (χ4v) is 4.31. The molecule has 0 radical (unpaired) electrons. The van der Waals surface area contributed by atoms with E-state index in [9.17, 15) is 5.11 Å². The molecule has 0 amide bonds. The van der Waals surface area contributed by atoms with Gasteiger partial charge in [0.15, 0.2) is 0 Å². The van der Waals surface area contributed by atoms with Crippen molar-refractivity contribution < 1.29 is 5.11 Å². The molecule has 1 heterocycles. The summed E-state index contributed by atoms with van der Waals surface area (Å²) < 4.78 is 2.15. The predicted molar refractivity (Wildman–Crippen MR) is 135 cm³/mol. The molecule has 0 aliphatic carbocycles. The van der Waals surface area contributed by atoms with E-state index in [1.165, 1.54) is 5.56 Å². The van der Waals surface area contributed by atoms with Crippen molar-refractivity contribution in [2.75, 3.05) is 0 Å². The highest BCUT2D eigenvalue weighted by atomic mass is 16.3. The third kappa shape index (κ3) is 4.85. The Morgan fingerprint density at radius 2 is 1.56 bits per heavy atom. The molecule has 0 aliphatic rings. The molecule has 3 rings (SSSR count). The molecule has 1 aromatic heterocycles. The van der Waals surface area contributed by atoms with E-state index in [-0.39, 0.29) is 22.3 Å². The normalized spacial score (nSPS) is 14.2. The van der Waals surface area contributed by atoms with E-state index < -0.39 is 0 Å². The number of aryl methyl sites for hydroxylation is 1. The van der Waals surface area contributed by atoms with Crippen molar-refractivity contribution >= 4 is 11.0 Å². The third-order valence-corrected chi connectivity index (χ3v) is 6.33. The molecule has 174 valence electrons. The Morgan fingerprint density at radius 1 is 0.938 bits per heavy atom. The summed E-state index contributed by atoms with van der Waals surface area (Å²) in [5.41, 5.74) is 5.08. The average molecular weight is 436 g/mol. The van der Waals surface area contributed by atoms with Crippen molar-refractivity contribution in [2.24, 2.45) is 12.5 Å². The van der Waals surface area contributed by atoms with Crippen LogP contribution in [-0.2, 0) is 24.4 Å². The van der Waals surface area contributed by atoms with Crippen LogP contribution in [0.15, 0.2) is 36.4 Å². The van der Waals surface area contributed by atoms with Gasteiger partial charge < -0.3 is 15.0 Å². The summed E-state index contributed by atoms with van der Waals surface area (Å²) in [4.78, 5) is 4.83. The van der Waals surface area contributed by atoms with E-state index in [4.69, 9.17) is 4.98 Å². The molecule has 4 nitrogen and oxygen atoms in total. The van der Waals surface area contributed by atoms with Crippen LogP contribution in [0.25, 0.3) is 11.0 Å². The minimum atomic E-state index is -0.153. The van der Waals surface area contributed by atoms with Crippen molar-refractivity contribution in [3.05, 3.63) is 58.9 Å². The van der Waals surface area contributed by atoms with Gasteiger partial charge in [0.25, 0.3) is 0 Å². The van der Waals surface area contributed by atoms with E-state index in [1.54, 1.807) is 0 Å². The second-order valence-electron chi connectivity index (χ2n) is 12.2. The first kappa shape index (κ1) is 24.3. The summed E-state index contributed by atoms with van der Waals surface area (Å²) in [5, 5.41) is 15.2. The molecule has 0 aliphatic heterocycles. The Kier molecular flexibility index (Phi) is 6.25. The van der Waals surface area contributed by atoms with Crippen LogP contribution >= 0.6 is 0 Å². The van der Waals surface area contributed by atoms with Gasteiger partial charge in [-0.3, -0.25) is 0 Å². The first-order valence-corrected chi connectivity index (χ1v) is 11.6. The molecule has 2 N–H and O–H groups in total. The number of hydrogen-bond acceptors (Lipinski definition) is 3. The lowest BCUT2D eigenvalue weighted by Crippen LogP contribution is -2.33. The van der Waals surface area contributed by atoms with Crippen LogP contribution in [0.5, 0.6) is 5.75 Å². The fourth-order valence-electron chi connectivity index (χ4n) is 4.31. The second-order valence-corrected chi connectivity index (χ2v) is 12.2. The minimum Gasteiger partial charge on any atom is -0.507 e. The van der Waals surface area contributed by atoms with Crippen LogP contribution in [0.4, 0.5) is 0 Å². The van der Waals surface area contributed by atoms with Crippen LogP contribution in [0.1, 0.15) is 90.9 Å². The van der Waals surface area contributed by atoms with E-state index in [0.29, 0.717) is 12.3 Å². The van der Waals surface area contributed by atoms with Gasteiger partial charge in [0.2, 0.25) is 0 Å². The molecule has 1 unspecified atom stereocenters. The van der Waals surface area contributed by atoms with E-state index in [2.05, 4.69) is 97.4 Å². The van der Waals surface area contributed by atoms with Crippen molar-refractivity contribution in [1.29, 1.82) is 0 Å². The van der Waals surface area contributed by atoms with Gasteiger partial charge in [0.1, 0.15) is 11.6 Å². The molecule has 0 spiro atoms. The molecule has 0 saturated heterocycles. The van der Waals surface area contributed by atoms with Gasteiger partial charge in [-0.15, -0.1) is 0 Å². The molecule has 0 fully saturated rings. The van der Waals surface area contributed by atoms with E-state index >= 15 is 0 Å². The summed E-state index contributed by atoms with van der Waals surface area (Å²) >= 11 is 0. The molecule has 0 saturated carbocycles. The molecule has 1 atom stereocenters. The number of rotatable bonds is 4. The second kappa shape index (κ2) is 8.22. The summed E-state index contributed by atoms with van der Waals surface area (Å²) in [5.74, 6) is 1.39. The summed E-state index contributed by atoms with van der Waals surface area (Å²) in [6.45, 7) is 20.5. The van der Waals surface area contributed by atoms with Gasteiger partial charge in [-0.25, -0.2) is 4.98 Å². The molecule has 2 aromatic carbocycles. The smallest absolute Gasteiger partial charge is 0.124 e. The summed E-state index contributed by atoms with van der Waals surface area (Å²) in [6, 6.07) is 12.6. The lowest BCUT2D eigenvalue weighted by Gasteiger charge is -2.35. The third-order valence-electron chi connectivity index (χ3n) is 6.33. The highest BCUT2D eigenvalue weighted by molar-refractivity contribution is 5.75. The maximum Gasteiger partial charge on any atom is 0.124 e. The van der Waals surface area contributed by atoms with Gasteiger partial charge in [0.05, 0.1) is 17.6 Å². The van der Waals surface area contributed by atoms with Crippen LogP contribution in [-0.4, -0.2) is 14.7 Å². The topological polar surface area (TPSA) is 50.1 Å². The number of nitrogens with zero attached hydrogens (tertiary/aromatic N) is 2. The highest BCUT2D eigenvalue weighted by Gasteiger charge is 2.33. The number of aromatic nitrogens is 2. The quantitative estimate of drug-likeness (QED) is 0.476.